The van der Waals surface area contributed by atoms with Crippen molar-refractivity contribution in [3.63, 3.8) is 0 Å². The summed E-state index contributed by atoms with van der Waals surface area (Å²) in [5.74, 6) is 1.32. The Morgan fingerprint density at radius 3 is 2.86 bits per heavy atom. The molecule has 2 rings (SSSR count). The normalized spacial score (nSPS) is 21.5. The first-order valence-corrected chi connectivity index (χ1v) is 8.58. The number of nitrogens with one attached hydrogen (secondary N) is 1. The molecule has 0 aliphatic carbocycles. The van der Waals surface area contributed by atoms with Crippen LogP contribution < -0.4 is 5.32 Å². The fourth-order valence-corrected chi connectivity index (χ4v) is 3.93. The van der Waals surface area contributed by atoms with E-state index in [2.05, 4.69) is 30.3 Å². The van der Waals surface area contributed by atoms with Gasteiger partial charge in [-0.05, 0) is 38.0 Å². The molecule has 1 aromatic heterocycles. The quantitative estimate of drug-likeness (QED) is 0.908. The van der Waals surface area contributed by atoms with Crippen LogP contribution in [0.1, 0.15) is 55.3 Å². The van der Waals surface area contributed by atoms with Crippen molar-refractivity contribution < 1.29 is 4.79 Å². The summed E-state index contributed by atoms with van der Waals surface area (Å²) in [6.07, 6.45) is 2.67. The predicted molar refractivity (Wildman–Crippen MR) is 84.3 cm³/mol. The zero-order chi connectivity index (χ0) is 15.5. The van der Waals surface area contributed by atoms with Gasteiger partial charge in [0.2, 0.25) is 0 Å². The summed E-state index contributed by atoms with van der Waals surface area (Å²) < 4.78 is 1.93. The van der Waals surface area contributed by atoms with Crippen LogP contribution in [0.25, 0.3) is 0 Å². The van der Waals surface area contributed by atoms with Crippen LogP contribution in [0.4, 0.5) is 0 Å². The maximum Gasteiger partial charge on any atom is 0.273 e. The average molecular weight is 306 g/mol. The highest BCUT2D eigenvalue weighted by molar-refractivity contribution is 7.99. The summed E-state index contributed by atoms with van der Waals surface area (Å²) in [5, 5.41) is 16.7. The number of hydrogen-bond acceptors (Lipinski definition) is 4. The van der Waals surface area contributed by atoms with Crippen LogP contribution in [0.15, 0.2) is 6.07 Å². The first-order chi connectivity index (χ1) is 10.0. The molecule has 0 bridgehead atoms. The molecule has 0 saturated carbocycles. The van der Waals surface area contributed by atoms with E-state index in [4.69, 9.17) is 0 Å². The van der Waals surface area contributed by atoms with E-state index in [9.17, 15) is 10.1 Å². The van der Waals surface area contributed by atoms with E-state index in [0.29, 0.717) is 23.9 Å². The Hall–Kier alpha value is -1.48. The number of aryl methyl sites for hydroxylation is 1. The fourth-order valence-electron chi connectivity index (χ4n) is 2.66. The topological polar surface area (TPSA) is 70.7 Å². The largest absolute Gasteiger partial charge is 0.332 e. The monoisotopic (exact) mass is 306 g/mol. The molecule has 0 radical (unpaired) electrons. The standard InChI is InChI=1S/C15H22N4OS/c1-4-12(5-2)19-11(3)8-13(18-19)14(20)17-15(9-16)6-7-21-10-15/h8,12H,4-7,10H2,1-3H3,(H,17,20)/t15-/m1/s1. The molecule has 21 heavy (non-hydrogen) atoms. The van der Waals surface area contributed by atoms with Crippen molar-refractivity contribution in [2.45, 2.75) is 51.6 Å². The molecule has 1 saturated heterocycles. The molecule has 6 heteroatoms. The highest BCUT2D eigenvalue weighted by Gasteiger charge is 2.36. The highest BCUT2D eigenvalue weighted by atomic mass is 32.2. The second-order valence-corrected chi connectivity index (χ2v) is 6.64. The van der Waals surface area contributed by atoms with Crippen LogP contribution in [0.5, 0.6) is 0 Å². The van der Waals surface area contributed by atoms with E-state index in [1.54, 1.807) is 17.8 Å². The third-order valence-electron chi connectivity index (χ3n) is 4.03. The van der Waals surface area contributed by atoms with Crippen molar-refractivity contribution in [3.8, 4) is 6.07 Å². The fraction of sp³-hybridized carbons (Fsp3) is 0.667. The van der Waals surface area contributed by atoms with Gasteiger partial charge in [-0.25, -0.2) is 0 Å². The molecule has 114 valence electrons. The number of aromatic nitrogens is 2. The zero-order valence-electron chi connectivity index (χ0n) is 12.8. The number of carbonyl (C=O) groups is 1. The molecule has 1 aliphatic heterocycles. The van der Waals surface area contributed by atoms with Gasteiger partial charge in [-0.1, -0.05) is 13.8 Å². The van der Waals surface area contributed by atoms with Gasteiger partial charge in [0.1, 0.15) is 11.2 Å². The molecule has 1 N–H and O–H groups in total. The molecule has 1 aliphatic rings. The Labute approximate surface area is 130 Å². The number of carbonyl (C=O) groups excluding carboxylic acids is 1. The summed E-state index contributed by atoms with van der Waals surface area (Å²) >= 11 is 1.70. The van der Waals surface area contributed by atoms with Crippen LogP contribution in [0.3, 0.4) is 0 Å². The minimum atomic E-state index is -0.728. The first-order valence-electron chi connectivity index (χ1n) is 7.43. The molecule has 2 heterocycles. The van der Waals surface area contributed by atoms with Gasteiger partial charge in [-0.2, -0.15) is 22.1 Å². The molecular weight excluding hydrogens is 284 g/mol. The summed E-state index contributed by atoms with van der Waals surface area (Å²) in [6, 6.07) is 4.38. The van der Waals surface area contributed by atoms with Gasteiger partial charge >= 0.3 is 0 Å². The Balaban J connectivity index is 2.17. The van der Waals surface area contributed by atoms with Crippen LogP contribution in [0, 0.1) is 18.3 Å². The van der Waals surface area contributed by atoms with E-state index in [-0.39, 0.29) is 5.91 Å². The Morgan fingerprint density at radius 2 is 2.33 bits per heavy atom. The van der Waals surface area contributed by atoms with Gasteiger partial charge in [-0.15, -0.1) is 0 Å². The summed E-state index contributed by atoms with van der Waals surface area (Å²) in [4.78, 5) is 12.4. The van der Waals surface area contributed by atoms with Gasteiger partial charge in [0, 0.05) is 11.4 Å². The molecule has 1 amide bonds. The number of nitrogens with zero attached hydrogens (tertiary/aromatic N) is 3. The zero-order valence-corrected chi connectivity index (χ0v) is 13.7. The van der Waals surface area contributed by atoms with Crippen molar-refractivity contribution in [2.24, 2.45) is 0 Å². The van der Waals surface area contributed by atoms with Gasteiger partial charge in [0.25, 0.3) is 5.91 Å². The second kappa shape index (κ2) is 6.52. The lowest BCUT2D eigenvalue weighted by Gasteiger charge is -2.20. The highest BCUT2D eigenvalue weighted by Crippen LogP contribution is 2.27. The van der Waals surface area contributed by atoms with Gasteiger partial charge in [0.15, 0.2) is 0 Å². The Bertz CT molecular complexity index is 551. The smallest absolute Gasteiger partial charge is 0.273 e. The number of thioether (sulfide) groups is 1. The van der Waals surface area contributed by atoms with E-state index in [1.807, 2.05) is 11.6 Å². The van der Waals surface area contributed by atoms with E-state index in [0.717, 1.165) is 24.3 Å². The van der Waals surface area contributed by atoms with Crippen molar-refractivity contribution in [1.29, 1.82) is 5.26 Å². The van der Waals surface area contributed by atoms with E-state index >= 15 is 0 Å². The number of amides is 1. The third kappa shape index (κ3) is 3.24. The average Bonchev–Trinajstić information content (AvgIpc) is 3.09. The van der Waals surface area contributed by atoms with E-state index < -0.39 is 5.54 Å². The minimum absolute atomic E-state index is 0.244. The maximum atomic E-state index is 12.4. The Morgan fingerprint density at radius 1 is 1.62 bits per heavy atom. The molecule has 1 aromatic rings. The molecule has 0 aromatic carbocycles. The SMILES string of the molecule is CCC(CC)n1nc(C(=O)N[C@@]2(C#N)CCSC2)cc1C. The molecule has 1 atom stereocenters. The lowest BCUT2D eigenvalue weighted by atomic mass is 10.0. The first kappa shape index (κ1) is 15.9. The van der Waals surface area contributed by atoms with Gasteiger partial charge in [-0.3, -0.25) is 9.48 Å². The number of hydrogen-bond donors (Lipinski definition) is 1. The molecule has 1 fully saturated rings. The van der Waals surface area contributed by atoms with Crippen molar-refractivity contribution in [2.75, 3.05) is 11.5 Å². The Kier molecular flexibility index (Phi) is 4.94. The van der Waals surface area contributed by atoms with Crippen molar-refractivity contribution >= 4 is 17.7 Å². The third-order valence-corrected chi connectivity index (χ3v) is 5.22. The van der Waals surface area contributed by atoms with Crippen LogP contribution in [-0.4, -0.2) is 32.7 Å². The minimum Gasteiger partial charge on any atom is -0.332 e. The van der Waals surface area contributed by atoms with E-state index in [1.165, 1.54) is 0 Å². The summed E-state index contributed by atoms with van der Waals surface area (Å²) in [5.41, 5.74) is 0.667. The summed E-state index contributed by atoms with van der Waals surface area (Å²) in [7, 11) is 0. The lowest BCUT2D eigenvalue weighted by Crippen LogP contribution is -2.47. The van der Waals surface area contributed by atoms with Crippen molar-refractivity contribution in [3.05, 3.63) is 17.5 Å². The van der Waals surface area contributed by atoms with Gasteiger partial charge in [0.05, 0.1) is 12.1 Å². The van der Waals surface area contributed by atoms with Crippen molar-refractivity contribution in [1.82, 2.24) is 15.1 Å². The number of nitriles is 1. The maximum absolute atomic E-state index is 12.4. The van der Waals surface area contributed by atoms with Crippen LogP contribution in [-0.2, 0) is 0 Å². The molecule has 0 unspecified atom stereocenters. The van der Waals surface area contributed by atoms with Crippen LogP contribution >= 0.6 is 11.8 Å². The molecule has 0 spiro atoms. The lowest BCUT2D eigenvalue weighted by molar-refractivity contribution is 0.0919. The van der Waals surface area contributed by atoms with Gasteiger partial charge < -0.3 is 5.32 Å². The molecular formula is C15H22N4OS. The second-order valence-electron chi connectivity index (χ2n) is 5.54. The number of rotatable bonds is 5. The predicted octanol–water partition coefficient (Wildman–Crippen LogP) is 2.68. The summed E-state index contributed by atoms with van der Waals surface area (Å²) in [6.45, 7) is 6.21. The molecule has 5 nitrogen and oxygen atoms in total. The van der Waals surface area contributed by atoms with Crippen LogP contribution in [0.2, 0.25) is 0 Å².